The average Bonchev–Trinajstić information content (AvgIpc) is 2.26. The second-order valence-electron chi connectivity index (χ2n) is 5.14. The molecular weight excluding hydrogens is 312 g/mol. The van der Waals surface area contributed by atoms with E-state index >= 15 is 0 Å². The summed E-state index contributed by atoms with van der Waals surface area (Å²) in [5.41, 5.74) is 0.0460. The highest BCUT2D eigenvalue weighted by atomic mass is 79.9. The van der Waals surface area contributed by atoms with Gasteiger partial charge in [-0.3, -0.25) is 9.59 Å². The average molecular weight is 329 g/mol. The molecule has 0 saturated heterocycles. The molecule has 0 radical (unpaired) electrons. The first-order chi connectivity index (χ1) is 8.71. The number of aromatic nitrogens is 1. The largest absolute Gasteiger partial charge is 0.481 e. The van der Waals surface area contributed by atoms with Crippen LogP contribution in [0.25, 0.3) is 0 Å². The summed E-state index contributed by atoms with van der Waals surface area (Å²) in [4.78, 5) is 28.7. The van der Waals surface area contributed by atoms with E-state index in [0.717, 1.165) is 0 Å². The molecule has 6 heteroatoms. The van der Waals surface area contributed by atoms with Gasteiger partial charge < -0.3 is 10.0 Å². The lowest BCUT2D eigenvalue weighted by Gasteiger charge is -2.35. The van der Waals surface area contributed by atoms with Crippen LogP contribution in [0.4, 0.5) is 0 Å². The maximum Gasteiger partial charge on any atom is 0.305 e. The highest BCUT2D eigenvalue weighted by Gasteiger charge is 2.27. The van der Waals surface area contributed by atoms with Crippen LogP contribution in [0.15, 0.2) is 22.9 Å². The lowest BCUT2D eigenvalue weighted by Crippen LogP contribution is -2.46. The topological polar surface area (TPSA) is 70.5 Å². The van der Waals surface area contributed by atoms with Crippen LogP contribution < -0.4 is 0 Å². The molecule has 1 aromatic rings. The molecular formula is C13H17BrN2O3. The normalized spacial score (nSPS) is 11.2. The number of amides is 1. The van der Waals surface area contributed by atoms with Crippen LogP contribution in [0.2, 0.25) is 0 Å². The Morgan fingerprint density at radius 3 is 2.53 bits per heavy atom. The molecule has 104 valence electrons. The van der Waals surface area contributed by atoms with Gasteiger partial charge in [-0.25, -0.2) is 4.98 Å². The van der Waals surface area contributed by atoms with E-state index in [1.807, 2.05) is 20.8 Å². The van der Waals surface area contributed by atoms with E-state index in [1.54, 1.807) is 17.0 Å². The molecule has 0 fully saturated rings. The summed E-state index contributed by atoms with van der Waals surface area (Å²) in [5.74, 6) is -1.12. The van der Waals surface area contributed by atoms with Gasteiger partial charge in [-0.1, -0.05) is 0 Å². The second kappa shape index (κ2) is 6.14. The zero-order chi connectivity index (χ0) is 14.6. The van der Waals surface area contributed by atoms with Gasteiger partial charge in [0.1, 0.15) is 4.60 Å². The molecule has 0 bridgehead atoms. The number of pyridine rings is 1. The first-order valence-corrected chi connectivity index (χ1v) is 6.66. The van der Waals surface area contributed by atoms with Crippen LogP contribution in [0, 0.1) is 0 Å². The fraction of sp³-hybridized carbons (Fsp3) is 0.462. The van der Waals surface area contributed by atoms with Gasteiger partial charge in [0, 0.05) is 23.8 Å². The number of hydrogen-bond acceptors (Lipinski definition) is 3. The zero-order valence-electron chi connectivity index (χ0n) is 11.2. The van der Waals surface area contributed by atoms with Crippen molar-refractivity contribution in [2.24, 2.45) is 0 Å². The molecule has 5 nitrogen and oxygen atoms in total. The summed E-state index contributed by atoms with van der Waals surface area (Å²) >= 11 is 3.22. The predicted octanol–water partition coefficient (Wildman–Crippen LogP) is 2.56. The Balaban J connectivity index is 2.97. The van der Waals surface area contributed by atoms with Crippen LogP contribution in [0.3, 0.4) is 0 Å². The minimum absolute atomic E-state index is 0.0741. The van der Waals surface area contributed by atoms with Crippen molar-refractivity contribution in [3.63, 3.8) is 0 Å². The van der Waals surface area contributed by atoms with Crippen molar-refractivity contribution in [2.45, 2.75) is 32.7 Å². The Hall–Kier alpha value is -1.43. The minimum atomic E-state index is -0.919. The summed E-state index contributed by atoms with van der Waals surface area (Å²) in [6.07, 6.45) is 1.46. The number of halogens is 1. The van der Waals surface area contributed by atoms with Gasteiger partial charge in [-0.15, -0.1) is 0 Å². The molecule has 1 rings (SSSR count). The van der Waals surface area contributed by atoms with Crippen LogP contribution in [0.5, 0.6) is 0 Å². The monoisotopic (exact) mass is 328 g/mol. The van der Waals surface area contributed by atoms with Crippen molar-refractivity contribution >= 4 is 27.8 Å². The van der Waals surface area contributed by atoms with Gasteiger partial charge >= 0.3 is 5.97 Å². The molecule has 0 aromatic carbocycles. The van der Waals surface area contributed by atoms with E-state index in [4.69, 9.17) is 5.11 Å². The zero-order valence-corrected chi connectivity index (χ0v) is 12.8. The molecule has 0 unspecified atom stereocenters. The van der Waals surface area contributed by atoms with Gasteiger partial charge in [0.15, 0.2) is 0 Å². The van der Waals surface area contributed by atoms with Crippen molar-refractivity contribution in [1.29, 1.82) is 0 Å². The fourth-order valence-electron chi connectivity index (χ4n) is 1.64. The van der Waals surface area contributed by atoms with Crippen LogP contribution in [-0.2, 0) is 4.79 Å². The highest BCUT2D eigenvalue weighted by molar-refractivity contribution is 9.10. The Labute approximate surface area is 120 Å². The number of carboxylic acid groups (broad SMARTS) is 1. The molecule has 0 aliphatic carbocycles. The Bertz CT molecular complexity index is 483. The third-order valence-corrected chi connectivity index (χ3v) is 3.01. The molecule has 0 aliphatic rings. The highest BCUT2D eigenvalue weighted by Crippen LogP contribution is 2.19. The maximum absolute atomic E-state index is 12.4. The Morgan fingerprint density at radius 1 is 1.42 bits per heavy atom. The lowest BCUT2D eigenvalue weighted by atomic mass is 10.0. The van der Waals surface area contributed by atoms with Gasteiger partial charge in [0.05, 0.1) is 6.42 Å². The third kappa shape index (κ3) is 4.63. The summed E-state index contributed by atoms with van der Waals surface area (Å²) in [5, 5.41) is 8.77. The van der Waals surface area contributed by atoms with Crippen molar-refractivity contribution in [3.8, 4) is 0 Å². The molecule has 0 aliphatic heterocycles. The predicted molar refractivity (Wildman–Crippen MR) is 75.0 cm³/mol. The van der Waals surface area contributed by atoms with E-state index in [0.29, 0.717) is 10.2 Å². The number of carbonyl (C=O) groups is 2. The second-order valence-corrected chi connectivity index (χ2v) is 5.95. The Morgan fingerprint density at radius 2 is 2.05 bits per heavy atom. The number of nitrogens with zero attached hydrogens (tertiary/aromatic N) is 2. The van der Waals surface area contributed by atoms with Gasteiger partial charge in [0.2, 0.25) is 0 Å². The van der Waals surface area contributed by atoms with E-state index in [-0.39, 0.29) is 18.9 Å². The minimum Gasteiger partial charge on any atom is -0.481 e. The van der Waals surface area contributed by atoms with Crippen molar-refractivity contribution in [2.75, 3.05) is 6.54 Å². The molecule has 1 heterocycles. The SMILES string of the molecule is CC(C)(C)N(CCC(=O)O)C(=O)c1ccnc(Br)c1. The number of aliphatic carboxylic acids is 1. The molecule has 0 atom stereocenters. The van der Waals surface area contributed by atoms with E-state index in [1.165, 1.54) is 6.20 Å². The van der Waals surface area contributed by atoms with E-state index < -0.39 is 11.5 Å². The molecule has 0 saturated carbocycles. The van der Waals surface area contributed by atoms with Crippen LogP contribution in [-0.4, -0.2) is 39.0 Å². The van der Waals surface area contributed by atoms with E-state index in [2.05, 4.69) is 20.9 Å². The summed E-state index contributed by atoms with van der Waals surface area (Å²) < 4.78 is 0.574. The number of carboxylic acids is 1. The van der Waals surface area contributed by atoms with Gasteiger partial charge in [-0.2, -0.15) is 0 Å². The summed E-state index contributed by atoms with van der Waals surface area (Å²) in [7, 11) is 0. The van der Waals surface area contributed by atoms with Gasteiger partial charge in [0.25, 0.3) is 5.91 Å². The first kappa shape index (κ1) is 15.6. The van der Waals surface area contributed by atoms with Crippen molar-refractivity contribution in [1.82, 2.24) is 9.88 Å². The maximum atomic E-state index is 12.4. The van der Waals surface area contributed by atoms with Gasteiger partial charge in [-0.05, 0) is 48.8 Å². The standard InChI is InChI=1S/C13H17BrN2O3/c1-13(2,3)16(7-5-11(17)18)12(19)9-4-6-15-10(14)8-9/h4,6,8H,5,7H2,1-3H3,(H,17,18). The molecule has 1 aromatic heterocycles. The molecule has 19 heavy (non-hydrogen) atoms. The first-order valence-electron chi connectivity index (χ1n) is 5.87. The van der Waals surface area contributed by atoms with Crippen LogP contribution >= 0.6 is 15.9 Å². The summed E-state index contributed by atoms with van der Waals surface area (Å²) in [6, 6.07) is 3.24. The Kier molecular flexibility index (Phi) is 5.05. The third-order valence-electron chi connectivity index (χ3n) is 2.58. The molecule has 1 N–H and O–H groups in total. The fourth-order valence-corrected chi connectivity index (χ4v) is 2.01. The summed E-state index contributed by atoms with van der Waals surface area (Å²) in [6.45, 7) is 5.81. The van der Waals surface area contributed by atoms with E-state index in [9.17, 15) is 9.59 Å². The van der Waals surface area contributed by atoms with Crippen LogP contribution in [0.1, 0.15) is 37.6 Å². The quantitative estimate of drug-likeness (QED) is 0.862. The van der Waals surface area contributed by atoms with Crippen molar-refractivity contribution in [3.05, 3.63) is 28.5 Å². The number of hydrogen-bond donors (Lipinski definition) is 1. The molecule has 0 spiro atoms. The van der Waals surface area contributed by atoms with Crippen molar-refractivity contribution < 1.29 is 14.7 Å². The smallest absolute Gasteiger partial charge is 0.305 e. The molecule has 1 amide bonds. The lowest BCUT2D eigenvalue weighted by molar-refractivity contribution is -0.137. The number of rotatable bonds is 4. The number of carbonyl (C=O) groups excluding carboxylic acids is 1.